The first-order valence-electron chi connectivity index (χ1n) is 4.37. The van der Waals surface area contributed by atoms with Gasteiger partial charge in [0.1, 0.15) is 0 Å². The molecule has 0 aromatic heterocycles. The molecule has 1 fully saturated rings. The van der Waals surface area contributed by atoms with Crippen LogP contribution in [0.5, 0.6) is 0 Å². The number of hydrogen-bond acceptors (Lipinski definition) is 3. The summed E-state index contributed by atoms with van der Waals surface area (Å²) in [5.41, 5.74) is 2.69. The van der Waals surface area contributed by atoms with Gasteiger partial charge in [-0.25, -0.2) is 0 Å². The maximum Gasteiger partial charge on any atom is 0.195 e. The zero-order valence-electron chi connectivity index (χ0n) is 7.05. The van der Waals surface area contributed by atoms with Crippen LogP contribution in [0.2, 0.25) is 0 Å². The lowest BCUT2D eigenvalue weighted by atomic mass is 9.83. The van der Waals surface area contributed by atoms with Gasteiger partial charge in [0.2, 0.25) is 0 Å². The van der Waals surface area contributed by atoms with Crippen LogP contribution in [0.15, 0.2) is 0 Å². The van der Waals surface area contributed by atoms with Gasteiger partial charge in [0.05, 0.1) is 0 Å². The summed E-state index contributed by atoms with van der Waals surface area (Å²) in [4.78, 5) is 11.0. The minimum absolute atomic E-state index is 0.319. The molecular formula is C8H15IN2O. The number of hydrazine groups is 1. The second-order valence-electron chi connectivity index (χ2n) is 3.43. The van der Waals surface area contributed by atoms with E-state index in [1.54, 1.807) is 0 Å². The maximum atomic E-state index is 11.0. The predicted octanol–water partition coefficient (Wildman–Crippen LogP) is 1.22. The standard InChI is InChI=1S/C8H15IN2O/c9-8(12)7-3-1-6(2-4-7)5-11-10/h6-7,11H,1-5,10H2. The van der Waals surface area contributed by atoms with E-state index in [0.29, 0.717) is 15.6 Å². The quantitative estimate of drug-likeness (QED) is 0.354. The largest absolute Gasteiger partial charge is 0.287 e. The first-order chi connectivity index (χ1) is 5.74. The minimum Gasteiger partial charge on any atom is -0.287 e. The molecule has 0 atom stereocenters. The minimum atomic E-state index is 0.319. The monoisotopic (exact) mass is 282 g/mol. The number of halogens is 1. The smallest absolute Gasteiger partial charge is 0.195 e. The van der Waals surface area contributed by atoms with Crippen molar-refractivity contribution in [3.05, 3.63) is 0 Å². The Labute approximate surface area is 86.6 Å². The SMILES string of the molecule is NNCC1CCC(C(=O)I)CC1. The number of carbonyl (C=O) groups excluding carboxylic acids is 1. The molecular weight excluding hydrogens is 267 g/mol. The van der Waals surface area contributed by atoms with Gasteiger partial charge in [0.25, 0.3) is 0 Å². The number of rotatable bonds is 3. The number of carbonyl (C=O) groups is 1. The van der Waals surface area contributed by atoms with Gasteiger partial charge in [0.15, 0.2) is 3.79 Å². The second-order valence-corrected chi connectivity index (χ2v) is 4.49. The van der Waals surface area contributed by atoms with Crippen LogP contribution in [0, 0.1) is 11.8 Å². The topological polar surface area (TPSA) is 55.1 Å². The van der Waals surface area contributed by atoms with E-state index in [1.165, 1.54) is 0 Å². The molecule has 0 aliphatic heterocycles. The Morgan fingerprint density at radius 3 is 2.42 bits per heavy atom. The average Bonchev–Trinajstić information content (AvgIpc) is 2.06. The summed E-state index contributed by atoms with van der Waals surface area (Å²) < 4.78 is 0.326. The molecule has 0 aromatic carbocycles. The molecule has 0 bridgehead atoms. The summed E-state index contributed by atoms with van der Waals surface area (Å²) in [5.74, 6) is 6.24. The van der Waals surface area contributed by atoms with E-state index in [4.69, 9.17) is 5.84 Å². The number of nitrogens with two attached hydrogens (primary N) is 1. The molecule has 0 spiro atoms. The molecule has 0 amide bonds. The van der Waals surface area contributed by atoms with Crippen LogP contribution < -0.4 is 11.3 Å². The van der Waals surface area contributed by atoms with Gasteiger partial charge in [-0.15, -0.1) is 0 Å². The van der Waals surface area contributed by atoms with Gasteiger partial charge in [-0.05, 0) is 54.2 Å². The Morgan fingerprint density at radius 2 is 2.00 bits per heavy atom. The van der Waals surface area contributed by atoms with Crippen molar-refractivity contribution in [2.24, 2.45) is 17.7 Å². The van der Waals surface area contributed by atoms with Crippen molar-refractivity contribution in [3.8, 4) is 0 Å². The summed E-state index contributed by atoms with van der Waals surface area (Å²) in [6.07, 6.45) is 4.38. The van der Waals surface area contributed by atoms with E-state index in [1.807, 2.05) is 22.6 Å². The van der Waals surface area contributed by atoms with Crippen LogP contribution in [0.1, 0.15) is 25.7 Å². The molecule has 1 aliphatic carbocycles. The van der Waals surface area contributed by atoms with Crippen LogP contribution in [0.3, 0.4) is 0 Å². The fourth-order valence-electron chi connectivity index (χ4n) is 1.76. The highest BCUT2D eigenvalue weighted by atomic mass is 127. The fourth-order valence-corrected chi connectivity index (χ4v) is 2.38. The summed E-state index contributed by atoms with van der Waals surface area (Å²) in [5, 5.41) is 0. The van der Waals surface area contributed by atoms with E-state index in [9.17, 15) is 4.79 Å². The Hall–Kier alpha value is 0.320. The number of hydrogen-bond donors (Lipinski definition) is 2. The predicted molar refractivity (Wildman–Crippen MR) is 56.7 cm³/mol. The van der Waals surface area contributed by atoms with Gasteiger partial charge < -0.3 is 0 Å². The van der Waals surface area contributed by atoms with Crippen molar-refractivity contribution in [2.45, 2.75) is 25.7 Å². The van der Waals surface area contributed by atoms with Crippen LogP contribution >= 0.6 is 22.6 Å². The lowest BCUT2D eigenvalue weighted by molar-refractivity contribution is -0.113. The highest BCUT2D eigenvalue weighted by Crippen LogP contribution is 2.30. The molecule has 0 aromatic rings. The van der Waals surface area contributed by atoms with Crippen molar-refractivity contribution in [1.82, 2.24) is 5.43 Å². The third-order valence-electron chi connectivity index (χ3n) is 2.57. The lowest BCUT2D eigenvalue weighted by Gasteiger charge is -2.25. The summed E-state index contributed by atoms with van der Waals surface area (Å²) in [6, 6.07) is 0. The van der Waals surface area contributed by atoms with E-state index < -0.39 is 0 Å². The molecule has 4 heteroatoms. The Morgan fingerprint density at radius 1 is 1.42 bits per heavy atom. The maximum absolute atomic E-state index is 11.0. The van der Waals surface area contributed by atoms with E-state index in [2.05, 4.69) is 5.43 Å². The van der Waals surface area contributed by atoms with Crippen molar-refractivity contribution in [3.63, 3.8) is 0 Å². The second kappa shape index (κ2) is 5.14. The van der Waals surface area contributed by atoms with Crippen molar-refractivity contribution in [2.75, 3.05) is 6.54 Å². The third kappa shape index (κ3) is 2.99. The molecule has 0 saturated heterocycles. The summed E-state index contributed by atoms with van der Waals surface area (Å²) in [7, 11) is 0. The highest BCUT2D eigenvalue weighted by Gasteiger charge is 2.24. The lowest BCUT2D eigenvalue weighted by Crippen LogP contribution is -2.31. The molecule has 0 unspecified atom stereocenters. The van der Waals surface area contributed by atoms with Crippen molar-refractivity contribution >= 4 is 26.4 Å². The van der Waals surface area contributed by atoms with Crippen molar-refractivity contribution in [1.29, 1.82) is 0 Å². The van der Waals surface area contributed by atoms with E-state index in [-0.39, 0.29) is 0 Å². The summed E-state index contributed by atoms with van der Waals surface area (Å²) >= 11 is 1.91. The Bertz CT molecular complexity index is 155. The van der Waals surface area contributed by atoms with Gasteiger partial charge in [-0.3, -0.25) is 16.1 Å². The van der Waals surface area contributed by atoms with Crippen LogP contribution in [0.4, 0.5) is 0 Å². The molecule has 0 radical (unpaired) electrons. The first kappa shape index (κ1) is 10.4. The Kier molecular flexibility index (Phi) is 4.45. The third-order valence-corrected chi connectivity index (χ3v) is 3.46. The Balaban J connectivity index is 2.25. The molecule has 1 rings (SSSR count). The van der Waals surface area contributed by atoms with E-state index in [0.717, 1.165) is 32.2 Å². The molecule has 0 heterocycles. The van der Waals surface area contributed by atoms with Crippen LogP contribution in [0.25, 0.3) is 0 Å². The molecule has 3 nitrogen and oxygen atoms in total. The van der Waals surface area contributed by atoms with E-state index >= 15 is 0 Å². The van der Waals surface area contributed by atoms with Gasteiger partial charge >= 0.3 is 0 Å². The average molecular weight is 282 g/mol. The normalized spacial score (nSPS) is 30.2. The molecule has 1 aliphatic rings. The van der Waals surface area contributed by atoms with Gasteiger partial charge in [-0.2, -0.15) is 0 Å². The van der Waals surface area contributed by atoms with Gasteiger partial charge in [-0.1, -0.05) is 0 Å². The fraction of sp³-hybridized carbons (Fsp3) is 0.875. The molecule has 3 N–H and O–H groups in total. The zero-order chi connectivity index (χ0) is 8.97. The molecule has 12 heavy (non-hydrogen) atoms. The summed E-state index contributed by atoms with van der Waals surface area (Å²) in [6.45, 7) is 0.891. The molecule has 1 saturated carbocycles. The van der Waals surface area contributed by atoms with Gasteiger partial charge in [0, 0.05) is 12.5 Å². The van der Waals surface area contributed by atoms with Crippen LogP contribution in [-0.2, 0) is 4.79 Å². The first-order valence-corrected chi connectivity index (χ1v) is 5.44. The molecule has 70 valence electrons. The zero-order valence-corrected chi connectivity index (χ0v) is 9.21. The van der Waals surface area contributed by atoms with Crippen LogP contribution in [-0.4, -0.2) is 10.3 Å². The highest BCUT2D eigenvalue weighted by molar-refractivity contribution is 14.1. The number of nitrogens with one attached hydrogen (secondary N) is 1. The van der Waals surface area contributed by atoms with Crippen molar-refractivity contribution < 1.29 is 4.79 Å².